The third kappa shape index (κ3) is 4.02. The van der Waals surface area contributed by atoms with Gasteiger partial charge in [0, 0.05) is 32.7 Å². The summed E-state index contributed by atoms with van der Waals surface area (Å²) in [7, 11) is 0. The van der Waals surface area contributed by atoms with Gasteiger partial charge in [0.25, 0.3) is 0 Å². The third-order valence-electron chi connectivity index (χ3n) is 3.19. The maximum Gasteiger partial charge on any atom is 0.119 e. The summed E-state index contributed by atoms with van der Waals surface area (Å²) >= 11 is 0. The molecule has 1 heterocycles. The molecule has 3 heteroatoms. The summed E-state index contributed by atoms with van der Waals surface area (Å²) in [5.74, 6) is 1.000. The molecular formula is C14H22N2O. The van der Waals surface area contributed by atoms with Gasteiger partial charge in [-0.15, -0.1) is 0 Å². The molecule has 94 valence electrons. The van der Waals surface area contributed by atoms with Crippen LogP contribution in [0.25, 0.3) is 0 Å². The van der Waals surface area contributed by atoms with E-state index in [1.54, 1.807) is 0 Å². The van der Waals surface area contributed by atoms with E-state index in [0.717, 1.165) is 51.5 Å². The van der Waals surface area contributed by atoms with Gasteiger partial charge in [0.2, 0.25) is 0 Å². The second kappa shape index (κ2) is 6.62. The van der Waals surface area contributed by atoms with Crippen LogP contribution in [0.4, 0.5) is 0 Å². The second-order valence-corrected chi connectivity index (χ2v) is 4.44. The lowest BCUT2D eigenvalue weighted by Crippen LogP contribution is -2.44. The van der Waals surface area contributed by atoms with E-state index in [1.807, 2.05) is 6.07 Å². The molecule has 0 amide bonds. The summed E-state index contributed by atoms with van der Waals surface area (Å²) in [5, 5.41) is 3.36. The summed E-state index contributed by atoms with van der Waals surface area (Å²) < 4.78 is 5.79. The molecule has 1 N–H and O–H groups in total. The van der Waals surface area contributed by atoms with Gasteiger partial charge in [-0.25, -0.2) is 0 Å². The standard InChI is InChI=1S/C14H22N2O/c1-2-13-4-3-5-14(12-13)17-11-10-16-8-6-15-7-9-16/h3-5,12,15H,2,6-11H2,1H3. The summed E-state index contributed by atoms with van der Waals surface area (Å²) in [6, 6.07) is 8.39. The monoisotopic (exact) mass is 234 g/mol. The van der Waals surface area contributed by atoms with Gasteiger partial charge < -0.3 is 10.1 Å². The van der Waals surface area contributed by atoms with Crippen molar-refractivity contribution in [2.24, 2.45) is 0 Å². The fraction of sp³-hybridized carbons (Fsp3) is 0.571. The van der Waals surface area contributed by atoms with Crippen molar-refractivity contribution < 1.29 is 4.74 Å². The van der Waals surface area contributed by atoms with Crippen molar-refractivity contribution in [3.63, 3.8) is 0 Å². The number of rotatable bonds is 5. The SMILES string of the molecule is CCc1cccc(OCCN2CCNCC2)c1. The van der Waals surface area contributed by atoms with Crippen LogP contribution in [0.1, 0.15) is 12.5 Å². The van der Waals surface area contributed by atoms with E-state index in [4.69, 9.17) is 4.74 Å². The molecule has 0 unspecified atom stereocenters. The van der Waals surface area contributed by atoms with Crippen LogP contribution in [-0.4, -0.2) is 44.2 Å². The van der Waals surface area contributed by atoms with E-state index in [9.17, 15) is 0 Å². The first-order chi connectivity index (χ1) is 8.38. The molecule has 2 rings (SSSR count). The van der Waals surface area contributed by atoms with Gasteiger partial charge in [0.05, 0.1) is 0 Å². The molecule has 0 atom stereocenters. The Morgan fingerprint density at radius 3 is 2.88 bits per heavy atom. The van der Waals surface area contributed by atoms with Crippen LogP contribution in [0.2, 0.25) is 0 Å². The number of ether oxygens (including phenoxy) is 1. The summed E-state index contributed by atoms with van der Waals surface area (Å²) in [6.07, 6.45) is 1.06. The Labute approximate surface area is 104 Å². The highest BCUT2D eigenvalue weighted by Gasteiger charge is 2.08. The predicted molar refractivity (Wildman–Crippen MR) is 70.6 cm³/mol. The Balaban J connectivity index is 1.73. The van der Waals surface area contributed by atoms with Gasteiger partial charge in [-0.1, -0.05) is 19.1 Å². The van der Waals surface area contributed by atoms with Gasteiger partial charge in [0.15, 0.2) is 0 Å². The quantitative estimate of drug-likeness (QED) is 0.836. The molecule has 0 radical (unpaired) electrons. The summed E-state index contributed by atoms with van der Waals surface area (Å²) in [5.41, 5.74) is 1.34. The van der Waals surface area contributed by atoms with E-state index in [2.05, 4.69) is 35.3 Å². The van der Waals surface area contributed by atoms with Crippen LogP contribution in [0.3, 0.4) is 0 Å². The van der Waals surface area contributed by atoms with Gasteiger partial charge in [-0.3, -0.25) is 4.90 Å². The van der Waals surface area contributed by atoms with Crippen molar-refractivity contribution in [2.45, 2.75) is 13.3 Å². The minimum atomic E-state index is 0.785. The molecule has 1 saturated heterocycles. The minimum absolute atomic E-state index is 0.785. The van der Waals surface area contributed by atoms with Crippen molar-refractivity contribution in [1.29, 1.82) is 0 Å². The lowest BCUT2D eigenvalue weighted by molar-refractivity contribution is 0.191. The smallest absolute Gasteiger partial charge is 0.119 e. The number of piperazine rings is 1. The zero-order valence-electron chi connectivity index (χ0n) is 10.6. The van der Waals surface area contributed by atoms with Gasteiger partial charge in [-0.05, 0) is 24.1 Å². The number of aryl methyl sites for hydroxylation is 1. The first-order valence-electron chi connectivity index (χ1n) is 6.53. The minimum Gasteiger partial charge on any atom is -0.492 e. The van der Waals surface area contributed by atoms with Crippen LogP contribution in [0, 0.1) is 0 Å². The van der Waals surface area contributed by atoms with Gasteiger partial charge in [0.1, 0.15) is 12.4 Å². The molecule has 1 fully saturated rings. The van der Waals surface area contributed by atoms with E-state index in [-0.39, 0.29) is 0 Å². The topological polar surface area (TPSA) is 24.5 Å². The fourth-order valence-electron chi connectivity index (χ4n) is 2.08. The zero-order valence-corrected chi connectivity index (χ0v) is 10.6. The molecule has 1 aromatic rings. The van der Waals surface area contributed by atoms with Crippen molar-refractivity contribution in [1.82, 2.24) is 10.2 Å². The molecule has 1 aliphatic heterocycles. The summed E-state index contributed by atoms with van der Waals surface area (Å²) in [4.78, 5) is 2.44. The average Bonchev–Trinajstić information content (AvgIpc) is 2.40. The van der Waals surface area contributed by atoms with E-state index in [0.29, 0.717) is 0 Å². The molecule has 1 aromatic carbocycles. The van der Waals surface area contributed by atoms with Crippen molar-refractivity contribution in [3.05, 3.63) is 29.8 Å². The number of hydrogen-bond acceptors (Lipinski definition) is 3. The van der Waals surface area contributed by atoms with E-state index in [1.165, 1.54) is 5.56 Å². The maximum absolute atomic E-state index is 5.79. The summed E-state index contributed by atoms with van der Waals surface area (Å²) in [6.45, 7) is 8.46. The Kier molecular flexibility index (Phi) is 4.83. The van der Waals surface area contributed by atoms with Crippen molar-refractivity contribution in [3.8, 4) is 5.75 Å². The highest BCUT2D eigenvalue weighted by molar-refractivity contribution is 5.28. The van der Waals surface area contributed by atoms with E-state index < -0.39 is 0 Å². The van der Waals surface area contributed by atoms with Crippen molar-refractivity contribution in [2.75, 3.05) is 39.3 Å². The molecular weight excluding hydrogens is 212 g/mol. The largest absolute Gasteiger partial charge is 0.492 e. The molecule has 0 bridgehead atoms. The molecule has 0 spiro atoms. The highest BCUT2D eigenvalue weighted by Crippen LogP contribution is 2.13. The van der Waals surface area contributed by atoms with Crippen molar-refractivity contribution >= 4 is 0 Å². The fourth-order valence-corrected chi connectivity index (χ4v) is 2.08. The molecule has 0 aromatic heterocycles. The number of benzene rings is 1. The van der Waals surface area contributed by atoms with Gasteiger partial charge in [-0.2, -0.15) is 0 Å². The maximum atomic E-state index is 5.79. The normalized spacial score (nSPS) is 17.0. The molecule has 0 aliphatic carbocycles. The number of nitrogens with one attached hydrogen (secondary N) is 1. The first kappa shape index (κ1) is 12.4. The Bertz CT molecular complexity index is 335. The predicted octanol–water partition coefficient (Wildman–Crippen LogP) is 1.53. The third-order valence-corrected chi connectivity index (χ3v) is 3.19. The molecule has 1 aliphatic rings. The van der Waals surface area contributed by atoms with Crippen LogP contribution in [0.5, 0.6) is 5.75 Å². The lowest BCUT2D eigenvalue weighted by atomic mass is 10.2. The molecule has 0 saturated carbocycles. The molecule has 3 nitrogen and oxygen atoms in total. The van der Waals surface area contributed by atoms with Crippen LogP contribution in [0.15, 0.2) is 24.3 Å². The van der Waals surface area contributed by atoms with Gasteiger partial charge >= 0.3 is 0 Å². The second-order valence-electron chi connectivity index (χ2n) is 4.44. The Morgan fingerprint density at radius 1 is 1.29 bits per heavy atom. The van der Waals surface area contributed by atoms with E-state index >= 15 is 0 Å². The number of hydrogen-bond donors (Lipinski definition) is 1. The van der Waals surface area contributed by atoms with Crippen LogP contribution in [-0.2, 0) is 6.42 Å². The highest BCUT2D eigenvalue weighted by atomic mass is 16.5. The zero-order chi connectivity index (χ0) is 11.9. The molecule has 17 heavy (non-hydrogen) atoms. The lowest BCUT2D eigenvalue weighted by Gasteiger charge is -2.26. The Hall–Kier alpha value is -1.06. The Morgan fingerprint density at radius 2 is 2.12 bits per heavy atom. The van der Waals surface area contributed by atoms with Crippen LogP contribution >= 0.6 is 0 Å². The number of nitrogens with zero attached hydrogens (tertiary/aromatic N) is 1. The average molecular weight is 234 g/mol. The first-order valence-corrected chi connectivity index (χ1v) is 6.53. The van der Waals surface area contributed by atoms with Crippen LogP contribution < -0.4 is 10.1 Å².